The van der Waals surface area contributed by atoms with Gasteiger partial charge in [0, 0.05) is 16.1 Å². The Morgan fingerprint density at radius 2 is 1.85 bits per heavy atom. The molecule has 0 aliphatic rings. The molecule has 0 spiro atoms. The molecule has 0 unspecified atom stereocenters. The van der Waals surface area contributed by atoms with Gasteiger partial charge in [0.25, 0.3) is 0 Å². The molecule has 3 rings (SSSR count). The highest BCUT2D eigenvalue weighted by atomic mass is 35.5. The molecule has 2 N–H and O–H groups in total. The van der Waals surface area contributed by atoms with Crippen molar-refractivity contribution in [2.75, 3.05) is 6.61 Å². The second-order valence-electron chi connectivity index (χ2n) is 5.87. The fourth-order valence-electron chi connectivity index (χ4n) is 2.65. The molecular weight excluding hydrogens is 350 g/mol. The molecule has 0 atom stereocenters. The fourth-order valence-corrected chi connectivity index (χ4v) is 2.84. The van der Waals surface area contributed by atoms with Gasteiger partial charge in [-0.2, -0.15) is 0 Å². The van der Waals surface area contributed by atoms with Crippen LogP contribution in [0.2, 0.25) is 5.02 Å². The highest BCUT2D eigenvalue weighted by molar-refractivity contribution is 6.31. The van der Waals surface area contributed by atoms with Gasteiger partial charge >= 0.3 is 0 Å². The maximum Gasteiger partial charge on any atom is 0.161 e. The Morgan fingerprint density at radius 1 is 0.962 bits per heavy atom. The van der Waals surface area contributed by atoms with Crippen molar-refractivity contribution in [2.45, 2.75) is 26.6 Å². The van der Waals surface area contributed by atoms with Crippen LogP contribution < -0.4 is 14.8 Å². The molecule has 1 aromatic heterocycles. The smallest absolute Gasteiger partial charge is 0.161 e. The Kier molecular flexibility index (Phi) is 6.58. The summed E-state index contributed by atoms with van der Waals surface area (Å²) in [5.74, 6) is 2.44. The molecule has 0 radical (unpaired) electrons. The van der Waals surface area contributed by atoms with E-state index in [0.717, 1.165) is 35.9 Å². The summed E-state index contributed by atoms with van der Waals surface area (Å²) in [6.45, 7) is 4.60. The topological polar surface area (TPSA) is 48.2 Å². The van der Waals surface area contributed by atoms with E-state index >= 15 is 0 Å². The number of hydrogen-bond donors (Lipinski definition) is 1. The fraction of sp³-hybridized carbons (Fsp3) is 0.238. The first-order valence-electron chi connectivity index (χ1n) is 8.72. The summed E-state index contributed by atoms with van der Waals surface area (Å²) in [4.78, 5) is 0. The van der Waals surface area contributed by atoms with E-state index in [1.165, 1.54) is 5.56 Å². The second kappa shape index (κ2) is 9.32. The molecule has 5 heteroatoms. The zero-order valence-corrected chi connectivity index (χ0v) is 15.5. The third kappa shape index (κ3) is 5.04. The molecule has 4 nitrogen and oxygen atoms in total. The van der Waals surface area contributed by atoms with E-state index in [9.17, 15) is 0 Å². The van der Waals surface area contributed by atoms with E-state index in [0.29, 0.717) is 18.2 Å². The summed E-state index contributed by atoms with van der Waals surface area (Å²) in [5, 5.41) is 2.89. The van der Waals surface area contributed by atoms with Crippen LogP contribution in [0.15, 0.2) is 65.3 Å². The van der Waals surface area contributed by atoms with E-state index in [4.69, 9.17) is 25.5 Å². The van der Waals surface area contributed by atoms with E-state index in [-0.39, 0.29) is 0 Å². The minimum atomic E-state index is 0.406. The van der Waals surface area contributed by atoms with Crippen molar-refractivity contribution >= 4 is 11.6 Å². The molecule has 26 heavy (non-hydrogen) atoms. The van der Waals surface area contributed by atoms with Crippen LogP contribution in [0.1, 0.15) is 23.8 Å². The minimum absolute atomic E-state index is 0.406. The van der Waals surface area contributed by atoms with Crippen LogP contribution in [0.4, 0.5) is 0 Å². The van der Waals surface area contributed by atoms with Gasteiger partial charge in [-0.15, -0.1) is 0 Å². The summed E-state index contributed by atoms with van der Waals surface area (Å²) in [7, 11) is 0. The van der Waals surface area contributed by atoms with Gasteiger partial charge in [-0.3, -0.25) is 0 Å². The lowest BCUT2D eigenvalue weighted by Crippen LogP contribution is -2.80. The molecular formula is C21H23ClNO3+. The third-order valence-corrected chi connectivity index (χ3v) is 4.32. The molecule has 3 aromatic rings. The van der Waals surface area contributed by atoms with Gasteiger partial charge in [0.2, 0.25) is 0 Å². The molecule has 2 aromatic carbocycles. The van der Waals surface area contributed by atoms with Gasteiger partial charge in [0.15, 0.2) is 17.3 Å². The number of nitrogens with two attached hydrogens (primary N) is 1. The third-order valence-electron chi connectivity index (χ3n) is 3.95. The molecule has 0 aliphatic heterocycles. The van der Waals surface area contributed by atoms with Crippen LogP contribution in [-0.2, 0) is 19.7 Å². The standard InChI is InChI=1S/C21H22ClNO3/c1-2-24-21-12-16(13-23-14-18-7-5-11-25-18)9-10-20(21)26-15-17-6-3-4-8-19(17)22/h3-12,23H,2,13-15H2,1H3/p+1. The Balaban J connectivity index is 1.63. The van der Waals surface area contributed by atoms with Crippen molar-refractivity contribution in [1.29, 1.82) is 0 Å². The van der Waals surface area contributed by atoms with Gasteiger partial charge in [-0.25, -0.2) is 0 Å². The Morgan fingerprint density at radius 3 is 2.62 bits per heavy atom. The number of hydrogen-bond acceptors (Lipinski definition) is 3. The monoisotopic (exact) mass is 372 g/mol. The van der Waals surface area contributed by atoms with E-state index in [2.05, 4.69) is 11.4 Å². The van der Waals surface area contributed by atoms with Gasteiger partial charge in [0.05, 0.1) is 12.9 Å². The highest BCUT2D eigenvalue weighted by Gasteiger charge is 2.09. The minimum Gasteiger partial charge on any atom is -0.490 e. The van der Waals surface area contributed by atoms with Crippen molar-refractivity contribution in [2.24, 2.45) is 0 Å². The normalized spacial score (nSPS) is 10.7. The van der Waals surface area contributed by atoms with Crippen LogP contribution in [0.5, 0.6) is 11.5 Å². The SMILES string of the molecule is CCOc1cc(C[NH2+]Cc2ccco2)ccc1OCc1ccccc1Cl. The summed E-state index contributed by atoms with van der Waals surface area (Å²) in [5.41, 5.74) is 2.12. The van der Waals surface area contributed by atoms with Gasteiger partial charge < -0.3 is 19.2 Å². The molecule has 0 saturated carbocycles. The second-order valence-corrected chi connectivity index (χ2v) is 6.28. The van der Waals surface area contributed by atoms with Crippen molar-refractivity contribution in [3.8, 4) is 11.5 Å². The Labute approximate surface area is 158 Å². The zero-order chi connectivity index (χ0) is 18.2. The number of rotatable bonds is 9. The molecule has 136 valence electrons. The quantitative estimate of drug-likeness (QED) is 0.613. The van der Waals surface area contributed by atoms with E-state index in [1.807, 2.05) is 55.5 Å². The number of benzene rings is 2. The maximum absolute atomic E-state index is 6.19. The molecule has 0 amide bonds. The zero-order valence-electron chi connectivity index (χ0n) is 14.8. The Hall–Kier alpha value is -2.43. The predicted molar refractivity (Wildman–Crippen MR) is 101 cm³/mol. The van der Waals surface area contributed by atoms with Crippen molar-refractivity contribution < 1.29 is 19.2 Å². The van der Waals surface area contributed by atoms with Crippen LogP contribution in [0.3, 0.4) is 0 Å². The van der Waals surface area contributed by atoms with Crippen LogP contribution >= 0.6 is 11.6 Å². The van der Waals surface area contributed by atoms with Crippen molar-refractivity contribution in [3.63, 3.8) is 0 Å². The lowest BCUT2D eigenvalue weighted by molar-refractivity contribution is -0.688. The van der Waals surface area contributed by atoms with Gasteiger partial charge in [0.1, 0.15) is 19.7 Å². The van der Waals surface area contributed by atoms with Crippen LogP contribution in [-0.4, -0.2) is 6.61 Å². The molecule has 0 fully saturated rings. The van der Waals surface area contributed by atoms with E-state index in [1.54, 1.807) is 6.26 Å². The number of halogens is 1. The Bertz CT molecular complexity index is 818. The summed E-state index contributed by atoms with van der Waals surface area (Å²) in [6, 6.07) is 17.6. The average Bonchev–Trinajstić information content (AvgIpc) is 3.16. The predicted octanol–water partition coefficient (Wildman–Crippen LogP) is 4.17. The number of quaternary nitrogens is 1. The molecule has 1 heterocycles. The molecule has 0 saturated heterocycles. The number of ether oxygens (including phenoxy) is 2. The van der Waals surface area contributed by atoms with Gasteiger partial charge in [-0.05, 0) is 43.3 Å². The first-order chi connectivity index (χ1) is 12.8. The van der Waals surface area contributed by atoms with Crippen molar-refractivity contribution in [1.82, 2.24) is 0 Å². The van der Waals surface area contributed by atoms with E-state index < -0.39 is 0 Å². The highest BCUT2D eigenvalue weighted by Crippen LogP contribution is 2.29. The van der Waals surface area contributed by atoms with Crippen LogP contribution in [0, 0.1) is 0 Å². The summed E-state index contributed by atoms with van der Waals surface area (Å²) < 4.78 is 17.0. The average molecular weight is 373 g/mol. The first kappa shape index (κ1) is 18.4. The number of furan rings is 1. The molecule has 0 aliphatic carbocycles. The molecule has 0 bridgehead atoms. The van der Waals surface area contributed by atoms with Gasteiger partial charge in [-0.1, -0.05) is 29.8 Å². The summed E-state index contributed by atoms with van der Waals surface area (Å²) in [6.07, 6.45) is 1.70. The summed E-state index contributed by atoms with van der Waals surface area (Å²) >= 11 is 6.19. The van der Waals surface area contributed by atoms with Crippen LogP contribution in [0.25, 0.3) is 0 Å². The first-order valence-corrected chi connectivity index (χ1v) is 9.10. The largest absolute Gasteiger partial charge is 0.490 e. The van der Waals surface area contributed by atoms with Crippen molar-refractivity contribution in [3.05, 3.63) is 82.8 Å². The lowest BCUT2D eigenvalue weighted by atomic mass is 10.2. The lowest BCUT2D eigenvalue weighted by Gasteiger charge is -2.13. The maximum atomic E-state index is 6.19.